The van der Waals surface area contributed by atoms with E-state index in [1.54, 1.807) is 0 Å². The molecule has 0 amide bonds. The van der Waals surface area contributed by atoms with Crippen molar-refractivity contribution >= 4 is 0 Å². The van der Waals surface area contributed by atoms with Gasteiger partial charge in [0, 0.05) is 6.42 Å². The Kier molecular flexibility index (Phi) is 7.30. The summed E-state index contributed by atoms with van der Waals surface area (Å²) in [7, 11) is 0. The van der Waals surface area contributed by atoms with E-state index in [4.69, 9.17) is 0 Å². The van der Waals surface area contributed by atoms with Gasteiger partial charge >= 0.3 is 51.4 Å². The first-order valence-electron chi connectivity index (χ1n) is 2.81. The molecule has 0 saturated heterocycles. The minimum atomic E-state index is -2.40. The molecule has 0 aromatic carbocycles. The topological polar surface area (TPSA) is 0 Å². The molecule has 56 valence electrons. The van der Waals surface area contributed by atoms with Crippen molar-refractivity contribution in [1.29, 1.82) is 0 Å². The Bertz CT molecular complexity index is 93.6. The van der Waals surface area contributed by atoms with Crippen molar-refractivity contribution in [3.05, 3.63) is 14.4 Å². The SMILES string of the molecule is [CH2-]C1CCC(F)(F)C1.[CH3-].[K+]. The Labute approximate surface area is 104 Å². The molecule has 0 spiro atoms. The van der Waals surface area contributed by atoms with Crippen LogP contribution in [0.5, 0.6) is 0 Å². The zero-order valence-corrected chi connectivity index (χ0v) is 9.78. The van der Waals surface area contributed by atoms with Gasteiger partial charge in [-0.3, -0.25) is 0 Å². The molecule has 1 aliphatic carbocycles. The molecular formula is C7H12F2K-. The summed E-state index contributed by atoms with van der Waals surface area (Å²) in [6.45, 7) is 3.55. The molecule has 3 heteroatoms. The van der Waals surface area contributed by atoms with Crippen LogP contribution in [0.3, 0.4) is 0 Å². The maximum Gasteiger partial charge on any atom is 1.00 e. The van der Waals surface area contributed by atoms with Gasteiger partial charge in [0.1, 0.15) is 0 Å². The minimum absolute atomic E-state index is 0. The molecule has 1 rings (SSSR count). The number of rotatable bonds is 0. The Morgan fingerprint density at radius 1 is 1.40 bits per heavy atom. The monoisotopic (exact) mass is 173 g/mol. The molecule has 0 aromatic heterocycles. The average Bonchev–Trinajstić information content (AvgIpc) is 1.82. The van der Waals surface area contributed by atoms with Crippen molar-refractivity contribution in [1.82, 2.24) is 0 Å². The quantitative estimate of drug-likeness (QED) is 0.349. The van der Waals surface area contributed by atoms with Crippen molar-refractivity contribution in [3.63, 3.8) is 0 Å². The molecule has 0 bridgehead atoms. The second-order valence-electron chi connectivity index (χ2n) is 2.46. The van der Waals surface area contributed by atoms with Gasteiger partial charge in [-0.1, -0.05) is 6.42 Å². The molecule has 1 saturated carbocycles. The molecular weight excluding hydrogens is 161 g/mol. The maximum atomic E-state index is 12.2. The smallest absolute Gasteiger partial charge is 0.358 e. The Hall–Kier alpha value is 1.50. The molecule has 1 atom stereocenters. The van der Waals surface area contributed by atoms with Crippen molar-refractivity contribution in [2.45, 2.75) is 25.2 Å². The summed E-state index contributed by atoms with van der Waals surface area (Å²) < 4.78 is 24.3. The van der Waals surface area contributed by atoms with Crippen LogP contribution >= 0.6 is 0 Å². The van der Waals surface area contributed by atoms with E-state index >= 15 is 0 Å². The Morgan fingerprint density at radius 2 is 1.90 bits per heavy atom. The van der Waals surface area contributed by atoms with E-state index in [-0.39, 0.29) is 77.6 Å². The third kappa shape index (κ3) is 4.39. The second-order valence-corrected chi connectivity index (χ2v) is 2.46. The molecule has 0 radical (unpaired) electrons. The number of hydrogen-bond acceptors (Lipinski definition) is 0. The third-order valence-corrected chi connectivity index (χ3v) is 1.51. The summed E-state index contributed by atoms with van der Waals surface area (Å²) in [6.07, 6.45) is 0.626. The van der Waals surface area contributed by atoms with Gasteiger partial charge in [-0.15, -0.1) is 0 Å². The molecule has 0 aromatic rings. The van der Waals surface area contributed by atoms with Gasteiger partial charge < -0.3 is 14.4 Å². The standard InChI is InChI=1S/C6H9F2.CH3.K/c1-5-2-3-6(7,8)4-5;;/h5H,1-4H2;1H3;/q2*-1;+1. The van der Waals surface area contributed by atoms with E-state index in [0.717, 1.165) is 0 Å². The number of hydrogen-bond donors (Lipinski definition) is 0. The van der Waals surface area contributed by atoms with Gasteiger partial charge in [0.15, 0.2) is 0 Å². The zero-order valence-electron chi connectivity index (χ0n) is 6.66. The van der Waals surface area contributed by atoms with Crippen LogP contribution in [0, 0.1) is 20.3 Å². The molecule has 0 N–H and O–H groups in total. The Morgan fingerprint density at radius 3 is 2.00 bits per heavy atom. The molecule has 0 nitrogen and oxygen atoms in total. The van der Waals surface area contributed by atoms with E-state index in [0.29, 0.717) is 6.42 Å². The van der Waals surface area contributed by atoms with E-state index in [1.807, 2.05) is 0 Å². The number of alkyl halides is 2. The number of halogens is 2. The predicted octanol–water partition coefficient (Wildman–Crippen LogP) is -0.290. The van der Waals surface area contributed by atoms with Crippen LogP contribution in [-0.2, 0) is 0 Å². The zero-order chi connectivity index (χ0) is 6.20. The van der Waals surface area contributed by atoms with Gasteiger partial charge in [-0.05, 0) is 6.42 Å². The van der Waals surface area contributed by atoms with Gasteiger partial charge in [0.2, 0.25) is 5.92 Å². The minimum Gasteiger partial charge on any atom is -0.358 e. The fraction of sp³-hybridized carbons (Fsp3) is 0.714. The third-order valence-electron chi connectivity index (χ3n) is 1.51. The van der Waals surface area contributed by atoms with Gasteiger partial charge in [0.05, 0.1) is 0 Å². The van der Waals surface area contributed by atoms with Crippen molar-refractivity contribution < 1.29 is 60.2 Å². The van der Waals surface area contributed by atoms with Gasteiger partial charge in [-0.2, -0.15) is 5.92 Å². The first kappa shape index (κ1) is 14.0. The van der Waals surface area contributed by atoms with Crippen LogP contribution in [0.4, 0.5) is 8.78 Å². The largest absolute Gasteiger partial charge is 1.00 e. The summed E-state index contributed by atoms with van der Waals surface area (Å²) in [6, 6.07) is 0. The molecule has 1 fully saturated rings. The summed E-state index contributed by atoms with van der Waals surface area (Å²) >= 11 is 0. The average molecular weight is 173 g/mol. The Balaban J connectivity index is 0. The fourth-order valence-electron chi connectivity index (χ4n) is 1.04. The normalized spacial score (nSPS) is 28.5. The van der Waals surface area contributed by atoms with E-state index < -0.39 is 5.92 Å². The maximum absolute atomic E-state index is 12.2. The first-order chi connectivity index (χ1) is 3.60. The van der Waals surface area contributed by atoms with Crippen LogP contribution in [-0.4, -0.2) is 5.92 Å². The van der Waals surface area contributed by atoms with E-state index in [1.165, 1.54) is 0 Å². The summed E-state index contributed by atoms with van der Waals surface area (Å²) in [5.41, 5.74) is 0. The molecule has 1 unspecified atom stereocenters. The van der Waals surface area contributed by atoms with Crippen LogP contribution < -0.4 is 51.4 Å². The second kappa shape index (κ2) is 5.20. The van der Waals surface area contributed by atoms with Crippen LogP contribution in [0.1, 0.15) is 19.3 Å². The van der Waals surface area contributed by atoms with E-state index in [2.05, 4.69) is 6.92 Å². The molecule has 0 aliphatic heterocycles. The summed E-state index contributed by atoms with van der Waals surface area (Å²) in [5.74, 6) is -2.41. The first-order valence-corrected chi connectivity index (χ1v) is 2.81. The van der Waals surface area contributed by atoms with Crippen molar-refractivity contribution in [2.24, 2.45) is 5.92 Å². The van der Waals surface area contributed by atoms with Crippen LogP contribution in [0.25, 0.3) is 0 Å². The fourth-order valence-corrected chi connectivity index (χ4v) is 1.04. The van der Waals surface area contributed by atoms with Gasteiger partial charge in [-0.25, -0.2) is 8.78 Å². The van der Waals surface area contributed by atoms with Crippen molar-refractivity contribution in [2.75, 3.05) is 0 Å². The summed E-state index contributed by atoms with van der Waals surface area (Å²) in [4.78, 5) is 0. The van der Waals surface area contributed by atoms with Crippen LogP contribution in [0.2, 0.25) is 0 Å². The molecule has 0 heterocycles. The molecule has 1 aliphatic rings. The predicted molar refractivity (Wildman–Crippen MR) is 34.1 cm³/mol. The van der Waals surface area contributed by atoms with Crippen LogP contribution in [0.15, 0.2) is 0 Å². The van der Waals surface area contributed by atoms with Crippen molar-refractivity contribution in [3.8, 4) is 0 Å². The molecule has 10 heavy (non-hydrogen) atoms. The van der Waals surface area contributed by atoms with E-state index in [9.17, 15) is 8.78 Å². The van der Waals surface area contributed by atoms with Gasteiger partial charge in [0.25, 0.3) is 0 Å². The summed E-state index contributed by atoms with van der Waals surface area (Å²) in [5, 5.41) is 0.